The molecule has 1 fully saturated rings. The van der Waals surface area contributed by atoms with E-state index >= 15 is 0 Å². The standard InChI is InChI=1S/C25H23N5S/c31-25-29-24(28-19-7-3-4-8-19)23(18-10-9-16-5-1-2-6-17(16)13-18)30(25)20-11-12-21-22(14-20)27-15-26-21/h1-2,5-6,9-15,19,28H,3-4,7-8H2,(H,26,27)(H,29,31). The van der Waals surface area contributed by atoms with E-state index in [2.05, 4.69) is 79.4 Å². The fourth-order valence-electron chi connectivity index (χ4n) is 4.73. The van der Waals surface area contributed by atoms with Crippen molar-refractivity contribution < 1.29 is 0 Å². The van der Waals surface area contributed by atoms with Crippen LogP contribution in [0.25, 0.3) is 38.8 Å². The number of hydrogen-bond donors (Lipinski definition) is 3. The molecule has 0 radical (unpaired) electrons. The highest BCUT2D eigenvalue weighted by atomic mass is 32.1. The molecule has 0 bridgehead atoms. The van der Waals surface area contributed by atoms with Crippen molar-refractivity contribution in [2.45, 2.75) is 31.7 Å². The average Bonchev–Trinajstić information content (AvgIpc) is 3.53. The van der Waals surface area contributed by atoms with E-state index in [9.17, 15) is 0 Å². The molecule has 0 unspecified atom stereocenters. The molecule has 5 aromatic rings. The van der Waals surface area contributed by atoms with Crippen molar-refractivity contribution in [2.24, 2.45) is 0 Å². The van der Waals surface area contributed by atoms with Gasteiger partial charge in [-0.05, 0) is 60.1 Å². The summed E-state index contributed by atoms with van der Waals surface area (Å²) >= 11 is 5.82. The van der Waals surface area contributed by atoms with E-state index < -0.39 is 0 Å². The van der Waals surface area contributed by atoms with E-state index in [4.69, 9.17) is 12.2 Å². The number of benzene rings is 3. The van der Waals surface area contributed by atoms with E-state index in [0.29, 0.717) is 10.8 Å². The highest BCUT2D eigenvalue weighted by Crippen LogP contribution is 2.35. The maximum absolute atomic E-state index is 5.82. The molecule has 0 atom stereocenters. The van der Waals surface area contributed by atoms with Crippen LogP contribution in [0.1, 0.15) is 25.7 Å². The van der Waals surface area contributed by atoms with Crippen LogP contribution in [0.4, 0.5) is 5.82 Å². The fourth-order valence-corrected chi connectivity index (χ4v) is 5.03. The van der Waals surface area contributed by atoms with Gasteiger partial charge >= 0.3 is 0 Å². The van der Waals surface area contributed by atoms with Crippen molar-refractivity contribution >= 4 is 39.8 Å². The Morgan fingerprint density at radius 3 is 2.68 bits per heavy atom. The van der Waals surface area contributed by atoms with Crippen molar-refractivity contribution in [2.75, 3.05) is 5.32 Å². The largest absolute Gasteiger partial charge is 0.367 e. The average molecular weight is 426 g/mol. The van der Waals surface area contributed by atoms with Gasteiger partial charge in [0.1, 0.15) is 5.82 Å². The van der Waals surface area contributed by atoms with Crippen LogP contribution in [0.15, 0.2) is 67.0 Å². The lowest BCUT2D eigenvalue weighted by atomic mass is 10.0. The number of H-pyrrole nitrogens is 2. The Hall–Kier alpha value is -3.38. The molecule has 1 aliphatic rings. The molecule has 0 amide bonds. The molecule has 0 spiro atoms. The smallest absolute Gasteiger partial charge is 0.183 e. The van der Waals surface area contributed by atoms with Crippen LogP contribution in [0, 0.1) is 4.77 Å². The number of rotatable bonds is 4. The van der Waals surface area contributed by atoms with Gasteiger partial charge in [-0.3, -0.25) is 4.57 Å². The second-order valence-corrected chi connectivity index (χ2v) is 8.67. The maximum atomic E-state index is 5.82. The minimum absolute atomic E-state index is 0.482. The molecule has 6 rings (SSSR count). The summed E-state index contributed by atoms with van der Waals surface area (Å²) in [6.07, 6.45) is 6.68. The second-order valence-electron chi connectivity index (χ2n) is 8.28. The summed E-state index contributed by atoms with van der Waals surface area (Å²) in [4.78, 5) is 11.0. The highest BCUT2D eigenvalue weighted by molar-refractivity contribution is 7.71. The van der Waals surface area contributed by atoms with E-state index in [1.165, 1.54) is 36.5 Å². The molecular weight excluding hydrogens is 402 g/mol. The minimum atomic E-state index is 0.482. The first-order valence-corrected chi connectivity index (χ1v) is 11.2. The molecule has 0 aliphatic heterocycles. The Labute approximate surface area is 185 Å². The van der Waals surface area contributed by atoms with Gasteiger partial charge in [0.15, 0.2) is 4.77 Å². The molecule has 2 heterocycles. The van der Waals surface area contributed by atoms with Crippen molar-refractivity contribution in [3.05, 3.63) is 71.8 Å². The number of nitrogens with zero attached hydrogens (tertiary/aromatic N) is 2. The first kappa shape index (κ1) is 18.4. The molecule has 5 nitrogen and oxygen atoms in total. The van der Waals surface area contributed by atoms with E-state index in [0.717, 1.165) is 33.8 Å². The van der Waals surface area contributed by atoms with Crippen LogP contribution < -0.4 is 5.32 Å². The van der Waals surface area contributed by atoms with Crippen LogP contribution in [-0.4, -0.2) is 25.6 Å². The van der Waals surface area contributed by atoms with Crippen LogP contribution in [0.5, 0.6) is 0 Å². The number of aromatic nitrogens is 4. The molecular formula is C25H23N5S. The number of fused-ring (bicyclic) bond motifs is 2. The quantitative estimate of drug-likeness (QED) is 0.285. The third kappa shape index (κ3) is 3.24. The van der Waals surface area contributed by atoms with Gasteiger partial charge in [0, 0.05) is 11.6 Å². The number of nitrogens with one attached hydrogen (secondary N) is 3. The lowest BCUT2D eigenvalue weighted by molar-refractivity contribution is 0.752. The van der Waals surface area contributed by atoms with Gasteiger partial charge in [-0.25, -0.2) is 4.98 Å². The molecule has 2 aromatic heterocycles. The van der Waals surface area contributed by atoms with E-state index in [-0.39, 0.29) is 0 Å². The van der Waals surface area contributed by atoms with Gasteiger partial charge in [-0.2, -0.15) is 0 Å². The van der Waals surface area contributed by atoms with Gasteiger partial charge in [-0.1, -0.05) is 49.2 Å². The zero-order valence-corrected chi connectivity index (χ0v) is 17.9. The number of anilines is 1. The summed E-state index contributed by atoms with van der Waals surface area (Å²) in [7, 11) is 0. The van der Waals surface area contributed by atoms with Crippen molar-refractivity contribution in [1.29, 1.82) is 0 Å². The van der Waals surface area contributed by atoms with E-state index in [1.54, 1.807) is 6.33 Å². The summed E-state index contributed by atoms with van der Waals surface area (Å²) in [6.45, 7) is 0. The molecule has 1 aliphatic carbocycles. The highest BCUT2D eigenvalue weighted by Gasteiger charge is 2.21. The number of imidazole rings is 2. The summed E-state index contributed by atoms with van der Waals surface area (Å²) in [5, 5.41) is 6.21. The zero-order valence-electron chi connectivity index (χ0n) is 17.1. The summed E-state index contributed by atoms with van der Waals surface area (Å²) < 4.78 is 2.82. The van der Waals surface area contributed by atoms with Crippen LogP contribution >= 0.6 is 12.2 Å². The Morgan fingerprint density at radius 1 is 0.968 bits per heavy atom. The monoisotopic (exact) mass is 425 g/mol. The van der Waals surface area contributed by atoms with E-state index in [1.807, 2.05) is 6.07 Å². The van der Waals surface area contributed by atoms with Crippen LogP contribution in [-0.2, 0) is 0 Å². The van der Waals surface area contributed by atoms with Gasteiger partial charge < -0.3 is 15.3 Å². The van der Waals surface area contributed by atoms with Crippen LogP contribution in [0.2, 0.25) is 0 Å². The molecule has 6 heteroatoms. The third-order valence-corrected chi connectivity index (χ3v) is 6.57. The third-order valence-electron chi connectivity index (χ3n) is 6.28. The first-order chi connectivity index (χ1) is 15.3. The normalized spacial score (nSPS) is 14.6. The lowest BCUT2D eigenvalue weighted by Gasteiger charge is -2.16. The van der Waals surface area contributed by atoms with Gasteiger partial charge in [-0.15, -0.1) is 0 Å². The molecule has 154 valence electrons. The topological polar surface area (TPSA) is 61.4 Å². The van der Waals surface area contributed by atoms with Gasteiger partial charge in [0.2, 0.25) is 0 Å². The zero-order chi connectivity index (χ0) is 20.8. The fraction of sp³-hybridized carbons (Fsp3) is 0.200. The molecule has 3 aromatic carbocycles. The molecule has 1 saturated carbocycles. The maximum Gasteiger partial charge on any atom is 0.183 e. The Morgan fingerprint density at radius 2 is 1.81 bits per heavy atom. The Bertz CT molecular complexity index is 1450. The van der Waals surface area contributed by atoms with Crippen molar-refractivity contribution in [3.63, 3.8) is 0 Å². The summed E-state index contributed by atoms with van der Waals surface area (Å²) in [5.41, 5.74) is 5.16. The number of aromatic amines is 2. The first-order valence-electron chi connectivity index (χ1n) is 10.8. The minimum Gasteiger partial charge on any atom is -0.367 e. The van der Waals surface area contributed by atoms with Crippen molar-refractivity contribution in [3.8, 4) is 16.9 Å². The predicted molar refractivity (Wildman–Crippen MR) is 129 cm³/mol. The SMILES string of the molecule is S=c1[nH]c(NC2CCCC2)c(-c2ccc3ccccc3c2)n1-c1ccc2nc[nH]c2c1. The molecule has 31 heavy (non-hydrogen) atoms. The molecule has 3 N–H and O–H groups in total. The summed E-state index contributed by atoms with van der Waals surface area (Å²) in [5.74, 6) is 0.997. The Kier molecular flexibility index (Phi) is 4.39. The van der Waals surface area contributed by atoms with Crippen molar-refractivity contribution in [1.82, 2.24) is 19.5 Å². The predicted octanol–water partition coefficient (Wildman–Crippen LogP) is 6.59. The lowest BCUT2D eigenvalue weighted by Crippen LogP contribution is -2.15. The Balaban J connectivity index is 1.57. The second kappa shape index (κ2) is 7.39. The number of hydrogen-bond acceptors (Lipinski definition) is 3. The molecule has 0 saturated heterocycles. The van der Waals surface area contributed by atoms with Crippen LogP contribution in [0.3, 0.4) is 0 Å². The summed E-state index contributed by atoms with van der Waals surface area (Å²) in [6, 6.07) is 21.8. The van der Waals surface area contributed by atoms with Gasteiger partial charge in [0.05, 0.1) is 28.7 Å². The van der Waals surface area contributed by atoms with Gasteiger partial charge in [0.25, 0.3) is 0 Å².